The third-order valence-corrected chi connectivity index (χ3v) is 3.55. The van der Waals surface area contributed by atoms with Crippen LogP contribution in [-0.4, -0.2) is 59.1 Å². The first-order valence-electron chi connectivity index (χ1n) is 5.77. The van der Waals surface area contributed by atoms with Crippen LogP contribution in [0.5, 0.6) is 0 Å². The Morgan fingerprint density at radius 3 is 2.67 bits per heavy atom. The smallest absolute Gasteiger partial charge is 0.239 e. The molecule has 0 saturated carbocycles. The number of carbonyl (C=O) groups is 1. The lowest BCUT2D eigenvalue weighted by molar-refractivity contribution is -0.146. The molecule has 15 heavy (non-hydrogen) atoms. The van der Waals surface area contributed by atoms with Crippen LogP contribution in [0.3, 0.4) is 0 Å². The molecule has 1 amide bonds. The third kappa shape index (κ3) is 1.88. The molecule has 0 spiro atoms. The Labute approximate surface area is 90.9 Å². The van der Waals surface area contributed by atoms with E-state index in [4.69, 9.17) is 0 Å². The molecule has 1 unspecified atom stereocenters. The zero-order valence-corrected chi connectivity index (χ0v) is 9.57. The van der Waals surface area contributed by atoms with Gasteiger partial charge in [-0.25, -0.2) is 0 Å². The largest absolute Gasteiger partial charge is 0.387 e. The van der Waals surface area contributed by atoms with Crippen LogP contribution in [0, 0.1) is 0 Å². The lowest BCUT2D eigenvalue weighted by Gasteiger charge is -2.48. The summed E-state index contributed by atoms with van der Waals surface area (Å²) >= 11 is 0. The first kappa shape index (κ1) is 10.9. The average Bonchev–Trinajstić information content (AvgIpc) is 2.44. The second-order valence-corrected chi connectivity index (χ2v) is 4.94. The summed E-state index contributed by atoms with van der Waals surface area (Å²) in [6.07, 6.45) is 2.76. The van der Waals surface area contributed by atoms with Crippen LogP contribution in [0.1, 0.15) is 26.2 Å². The van der Waals surface area contributed by atoms with Gasteiger partial charge in [-0.15, -0.1) is 0 Å². The van der Waals surface area contributed by atoms with E-state index in [1.165, 1.54) is 0 Å². The summed E-state index contributed by atoms with van der Waals surface area (Å²) in [7, 11) is 1.85. The van der Waals surface area contributed by atoms with Gasteiger partial charge in [-0.2, -0.15) is 0 Å². The molecule has 2 aliphatic rings. The van der Waals surface area contributed by atoms with E-state index in [1.807, 2.05) is 7.05 Å². The highest BCUT2D eigenvalue weighted by Gasteiger charge is 2.47. The van der Waals surface area contributed by atoms with Crippen molar-refractivity contribution >= 4 is 5.91 Å². The minimum absolute atomic E-state index is 0.0344. The highest BCUT2D eigenvalue weighted by atomic mass is 16.3. The molecule has 2 rings (SSSR count). The number of hydrogen-bond donors (Lipinski definition) is 1. The van der Waals surface area contributed by atoms with E-state index in [2.05, 4.69) is 11.8 Å². The molecule has 0 aromatic carbocycles. The van der Waals surface area contributed by atoms with Crippen molar-refractivity contribution in [2.45, 2.75) is 37.8 Å². The number of amides is 1. The van der Waals surface area contributed by atoms with Gasteiger partial charge < -0.3 is 10.0 Å². The zero-order valence-electron chi connectivity index (χ0n) is 9.57. The highest BCUT2D eigenvalue weighted by Crippen LogP contribution is 2.30. The second-order valence-electron chi connectivity index (χ2n) is 4.94. The molecular weight excluding hydrogens is 192 g/mol. The van der Waals surface area contributed by atoms with E-state index in [-0.39, 0.29) is 11.9 Å². The molecule has 2 saturated heterocycles. The predicted octanol–water partition coefficient (Wildman–Crippen LogP) is 0.0639. The fourth-order valence-corrected chi connectivity index (χ4v) is 2.70. The number of aliphatic hydroxyl groups is 1. The van der Waals surface area contributed by atoms with Crippen molar-refractivity contribution in [3.8, 4) is 0 Å². The van der Waals surface area contributed by atoms with E-state index in [9.17, 15) is 9.90 Å². The number of rotatable bonds is 3. The molecule has 0 aromatic heterocycles. The van der Waals surface area contributed by atoms with E-state index in [0.29, 0.717) is 13.1 Å². The van der Waals surface area contributed by atoms with Crippen LogP contribution in [0.4, 0.5) is 0 Å². The third-order valence-electron chi connectivity index (χ3n) is 3.55. The molecule has 1 N–H and O–H groups in total. The normalized spacial score (nSPS) is 30.7. The van der Waals surface area contributed by atoms with E-state index in [0.717, 1.165) is 25.8 Å². The minimum atomic E-state index is -0.518. The number of likely N-dealkylation sites (N-methyl/N-ethyl adjacent to an activating group) is 1. The Morgan fingerprint density at radius 2 is 2.20 bits per heavy atom. The summed E-state index contributed by atoms with van der Waals surface area (Å²) < 4.78 is 0. The topological polar surface area (TPSA) is 43.8 Å². The maximum absolute atomic E-state index is 11.7. The van der Waals surface area contributed by atoms with Crippen molar-refractivity contribution in [2.24, 2.45) is 0 Å². The molecule has 4 nitrogen and oxygen atoms in total. The standard InChI is InChI=1S/C11H20N2O2/c1-3-5-11(15)7-13(8-11)9-4-6-12(2)10(9)14/h9,15H,3-8H2,1-2H3. The predicted molar refractivity (Wildman–Crippen MR) is 57.5 cm³/mol. The molecule has 86 valence electrons. The van der Waals surface area contributed by atoms with Crippen molar-refractivity contribution in [1.82, 2.24) is 9.80 Å². The molecule has 2 aliphatic heterocycles. The van der Waals surface area contributed by atoms with Crippen molar-refractivity contribution in [2.75, 3.05) is 26.7 Å². The van der Waals surface area contributed by atoms with E-state index < -0.39 is 5.60 Å². The zero-order chi connectivity index (χ0) is 11.1. The maximum atomic E-state index is 11.7. The Balaban J connectivity index is 1.87. The first-order valence-corrected chi connectivity index (χ1v) is 5.77. The summed E-state index contributed by atoms with van der Waals surface area (Å²) in [6, 6.07) is 0.0344. The monoisotopic (exact) mass is 212 g/mol. The van der Waals surface area contributed by atoms with E-state index >= 15 is 0 Å². The Hall–Kier alpha value is -0.610. The summed E-state index contributed by atoms with van der Waals surface area (Å²) in [5.41, 5.74) is -0.518. The van der Waals surface area contributed by atoms with Gasteiger partial charge in [-0.1, -0.05) is 13.3 Å². The van der Waals surface area contributed by atoms with Crippen LogP contribution in [-0.2, 0) is 4.79 Å². The number of carbonyl (C=O) groups excluding carboxylic acids is 1. The van der Waals surface area contributed by atoms with Crippen LogP contribution in [0.25, 0.3) is 0 Å². The van der Waals surface area contributed by atoms with Crippen LogP contribution in [0.2, 0.25) is 0 Å². The van der Waals surface area contributed by atoms with Crippen LogP contribution in [0.15, 0.2) is 0 Å². The first-order chi connectivity index (χ1) is 7.06. The lowest BCUT2D eigenvalue weighted by Crippen LogP contribution is -2.65. The molecule has 0 bridgehead atoms. The van der Waals surface area contributed by atoms with E-state index in [1.54, 1.807) is 4.90 Å². The number of β-amino-alcohol motifs (C(OH)–C–C–N with tert-alkyl or cyclic N) is 1. The Kier molecular flexibility index (Phi) is 2.73. The lowest BCUT2D eigenvalue weighted by atomic mass is 9.87. The van der Waals surface area contributed by atoms with Crippen LogP contribution >= 0.6 is 0 Å². The molecule has 1 atom stereocenters. The van der Waals surface area contributed by atoms with Gasteiger partial charge in [-0.05, 0) is 12.8 Å². The van der Waals surface area contributed by atoms with Gasteiger partial charge in [0.25, 0.3) is 0 Å². The maximum Gasteiger partial charge on any atom is 0.239 e. The summed E-state index contributed by atoms with van der Waals surface area (Å²) in [4.78, 5) is 15.6. The van der Waals surface area contributed by atoms with Gasteiger partial charge in [0.2, 0.25) is 5.91 Å². The fourth-order valence-electron chi connectivity index (χ4n) is 2.70. The van der Waals surface area contributed by atoms with Gasteiger partial charge in [0.15, 0.2) is 0 Å². The van der Waals surface area contributed by atoms with Gasteiger partial charge in [-0.3, -0.25) is 9.69 Å². The number of likely N-dealkylation sites (tertiary alicyclic amines) is 2. The second kappa shape index (κ2) is 3.76. The van der Waals surface area contributed by atoms with Gasteiger partial charge in [0, 0.05) is 26.7 Å². The summed E-state index contributed by atoms with van der Waals surface area (Å²) in [6.45, 7) is 4.28. The molecule has 0 aliphatic carbocycles. The molecule has 2 heterocycles. The number of hydrogen-bond acceptors (Lipinski definition) is 3. The van der Waals surface area contributed by atoms with Crippen molar-refractivity contribution in [3.05, 3.63) is 0 Å². The van der Waals surface area contributed by atoms with Crippen molar-refractivity contribution in [3.63, 3.8) is 0 Å². The highest BCUT2D eigenvalue weighted by molar-refractivity contribution is 5.83. The van der Waals surface area contributed by atoms with Gasteiger partial charge >= 0.3 is 0 Å². The molecule has 4 heteroatoms. The minimum Gasteiger partial charge on any atom is -0.387 e. The average molecular weight is 212 g/mol. The molecule has 0 radical (unpaired) electrons. The quantitative estimate of drug-likeness (QED) is 0.719. The van der Waals surface area contributed by atoms with Gasteiger partial charge in [0.1, 0.15) is 0 Å². The van der Waals surface area contributed by atoms with Gasteiger partial charge in [0.05, 0.1) is 11.6 Å². The SMILES string of the molecule is CCCC1(O)CN(C2CCN(C)C2=O)C1. The fraction of sp³-hybridized carbons (Fsp3) is 0.909. The molecule has 2 fully saturated rings. The summed E-state index contributed by atoms with van der Waals surface area (Å²) in [5, 5.41) is 10.0. The molecule has 0 aromatic rings. The Morgan fingerprint density at radius 1 is 1.53 bits per heavy atom. The van der Waals surface area contributed by atoms with Crippen molar-refractivity contribution in [1.29, 1.82) is 0 Å². The summed E-state index contributed by atoms with van der Waals surface area (Å²) in [5.74, 6) is 0.216. The molecular formula is C11H20N2O2. The number of nitrogens with zero attached hydrogens (tertiary/aromatic N) is 2. The van der Waals surface area contributed by atoms with Crippen molar-refractivity contribution < 1.29 is 9.90 Å². The van der Waals surface area contributed by atoms with Crippen LogP contribution < -0.4 is 0 Å². The Bertz CT molecular complexity index is 261.